The van der Waals surface area contributed by atoms with Crippen LogP contribution < -0.4 is 5.32 Å². The van der Waals surface area contributed by atoms with E-state index < -0.39 is 5.54 Å². The van der Waals surface area contributed by atoms with Crippen LogP contribution in [0.4, 0.5) is 4.39 Å². The first-order valence-corrected chi connectivity index (χ1v) is 8.33. The minimum atomic E-state index is -0.435. The van der Waals surface area contributed by atoms with Crippen molar-refractivity contribution in [2.45, 2.75) is 30.8 Å². The van der Waals surface area contributed by atoms with Gasteiger partial charge < -0.3 is 4.90 Å². The number of likely N-dealkylation sites (N-methyl/N-ethyl adjacent to an activating group) is 1. The molecule has 1 amide bonds. The van der Waals surface area contributed by atoms with Crippen LogP contribution in [0.5, 0.6) is 0 Å². The SMILES string of the molecule is CN1CC[C@]2(CC[C@H](c3cc(-c4ccccc4F)ccn3)N2)C1=O.Cl. The molecule has 0 radical (unpaired) electrons. The molecule has 25 heavy (non-hydrogen) atoms. The van der Waals surface area contributed by atoms with Crippen LogP contribution >= 0.6 is 12.4 Å². The molecular weight excluding hydrogens is 341 g/mol. The minimum absolute atomic E-state index is 0. The van der Waals surface area contributed by atoms with Crippen LogP contribution in [-0.4, -0.2) is 34.9 Å². The highest BCUT2D eigenvalue weighted by molar-refractivity contribution is 5.88. The lowest BCUT2D eigenvalue weighted by Crippen LogP contribution is -2.47. The Hall–Kier alpha value is -1.98. The van der Waals surface area contributed by atoms with Crippen LogP contribution in [0.2, 0.25) is 0 Å². The lowest BCUT2D eigenvalue weighted by atomic mass is 9.96. The summed E-state index contributed by atoms with van der Waals surface area (Å²) >= 11 is 0. The molecule has 2 aliphatic heterocycles. The van der Waals surface area contributed by atoms with Crippen LogP contribution in [0.3, 0.4) is 0 Å². The van der Waals surface area contributed by atoms with Crippen molar-refractivity contribution in [3.8, 4) is 11.1 Å². The Kier molecular flexibility index (Phi) is 4.80. The van der Waals surface area contributed by atoms with Gasteiger partial charge in [-0.2, -0.15) is 0 Å². The Labute approximate surface area is 152 Å². The van der Waals surface area contributed by atoms with Gasteiger partial charge in [-0.1, -0.05) is 18.2 Å². The van der Waals surface area contributed by atoms with Gasteiger partial charge in [-0.05, 0) is 43.0 Å². The molecule has 0 saturated carbocycles. The summed E-state index contributed by atoms with van der Waals surface area (Å²) in [5.74, 6) is -0.0617. The molecule has 2 saturated heterocycles. The second-order valence-corrected chi connectivity index (χ2v) is 6.74. The Bertz CT molecular complexity index is 800. The smallest absolute Gasteiger partial charge is 0.242 e. The second-order valence-electron chi connectivity index (χ2n) is 6.74. The first kappa shape index (κ1) is 17.8. The van der Waals surface area contributed by atoms with Gasteiger partial charge >= 0.3 is 0 Å². The van der Waals surface area contributed by atoms with Gasteiger partial charge in [0.15, 0.2) is 0 Å². The number of halogens is 2. The number of hydrogen-bond acceptors (Lipinski definition) is 3. The summed E-state index contributed by atoms with van der Waals surface area (Å²) in [5, 5.41) is 3.51. The molecule has 2 aliphatic rings. The van der Waals surface area contributed by atoms with E-state index in [0.717, 1.165) is 37.1 Å². The Morgan fingerprint density at radius 2 is 2.08 bits per heavy atom. The minimum Gasteiger partial charge on any atom is -0.344 e. The number of rotatable bonds is 2. The highest BCUT2D eigenvalue weighted by Crippen LogP contribution is 2.39. The summed E-state index contributed by atoms with van der Waals surface area (Å²) in [6.45, 7) is 0.793. The number of amides is 1. The van der Waals surface area contributed by atoms with Crippen molar-refractivity contribution < 1.29 is 9.18 Å². The summed E-state index contributed by atoms with van der Waals surface area (Å²) in [5.41, 5.74) is 1.82. The number of hydrogen-bond donors (Lipinski definition) is 1. The number of likely N-dealkylation sites (tertiary alicyclic amines) is 1. The fourth-order valence-electron chi connectivity index (χ4n) is 3.89. The maximum Gasteiger partial charge on any atom is 0.242 e. The number of nitrogens with one attached hydrogen (secondary N) is 1. The Balaban J connectivity index is 0.00000182. The van der Waals surface area contributed by atoms with Crippen molar-refractivity contribution in [2.24, 2.45) is 0 Å². The number of nitrogens with zero attached hydrogens (tertiary/aromatic N) is 2. The molecule has 3 heterocycles. The molecule has 0 unspecified atom stereocenters. The third-order valence-electron chi connectivity index (χ3n) is 5.26. The predicted molar refractivity (Wildman–Crippen MR) is 97.0 cm³/mol. The first-order valence-electron chi connectivity index (χ1n) is 8.33. The van der Waals surface area contributed by atoms with Gasteiger partial charge in [-0.25, -0.2) is 4.39 Å². The standard InChI is InChI=1S/C19H20FN3O.ClH/c1-23-11-9-19(18(23)24)8-6-16(22-19)17-12-13(7-10-21-17)14-4-2-3-5-15(14)20;/h2-5,7,10,12,16,22H,6,8-9,11H2,1H3;1H/t16-,19-;/m1./s1. The molecule has 1 aromatic heterocycles. The molecule has 4 nitrogen and oxygen atoms in total. The summed E-state index contributed by atoms with van der Waals surface area (Å²) in [6.07, 6.45) is 4.25. The fourth-order valence-corrected chi connectivity index (χ4v) is 3.89. The van der Waals surface area contributed by atoms with E-state index in [-0.39, 0.29) is 30.2 Å². The van der Waals surface area contributed by atoms with E-state index in [1.807, 2.05) is 25.2 Å². The van der Waals surface area contributed by atoms with Gasteiger partial charge in [0.05, 0.1) is 11.7 Å². The molecule has 1 N–H and O–H groups in total. The Morgan fingerprint density at radius 3 is 2.80 bits per heavy atom. The van der Waals surface area contributed by atoms with E-state index >= 15 is 0 Å². The molecule has 0 bridgehead atoms. The van der Waals surface area contributed by atoms with Crippen molar-refractivity contribution in [2.75, 3.05) is 13.6 Å². The van der Waals surface area contributed by atoms with Crippen molar-refractivity contribution in [3.63, 3.8) is 0 Å². The van der Waals surface area contributed by atoms with Crippen LogP contribution in [-0.2, 0) is 4.79 Å². The van der Waals surface area contributed by atoms with E-state index in [1.165, 1.54) is 6.07 Å². The lowest BCUT2D eigenvalue weighted by Gasteiger charge is -2.23. The lowest BCUT2D eigenvalue weighted by molar-refractivity contribution is -0.131. The van der Waals surface area contributed by atoms with Crippen LogP contribution in [0.25, 0.3) is 11.1 Å². The molecule has 2 atom stereocenters. The van der Waals surface area contributed by atoms with Gasteiger partial charge in [0.1, 0.15) is 11.4 Å². The highest BCUT2D eigenvalue weighted by atomic mass is 35.5. The number of carbonyl (C=O) groups is 1. The summed E-state index contributed by atoms with van der Waals surface area (Å²) in [6, 6.07) is 10.5. The maximum absolute atomic E-state index is 14.0. The van der Waals surface area contributed by atoms with Crippen molar-refractivity contribution in [3.05, 3.63) is 54.1 Å². The van der Waals surface area contributed by atoms with Crippen LogP contribution in [0.1, 0.15) is 31.0 Å². The average molecular weight is 362 g/mol. The molecule has 132 valence electrons. The van der Waals surface area contributed by atoms with Gasteiger partial charge in [-0.3, -0.25) is 15.1 Å². The number of pyridine rings is 1. The third-order valence-corrected chi connectivity index (χ3v) is 5.26. The van der Waals surface area contributed by atoms with Crippen LogP contribution in [0.15, 0.2) is 42.6 Å². The summed E-state index contributed by atoms with van der Waals surface area (Å²) in [7, 11) is 1.85. The van der Waals surface area contributed by atoms with Gasteiger partial charge in [-0.15, -0.1) is 12.4 Å². The van der Waals surface area contributed by atoms with E-state index in [9.17, 15) is 9.18 Å². The van der Waals surface area contributed by atoms with Crippen molar-refractivity contribution in [1.29, 1.82) is 0 Å². The Morgan fingerprint density at radius 1 is 1.28 bits per heavy atom. The average Bonchev–Trinajstić information content (AvgIpc) is 3.16. The topological polar surface area (TPSA) is 45.2 Å². The molecule has 6 heteroatoms. The zero-order valence-electron chi connectivity index (χ0n) is 14.0. The third kappa shape index (κ3) is 3.02. The highest BCUT2D eigenvalue weighted by Gasteiger charge is 2.50. The summed E-state index contributed by atoms with van der Waals surface area (Å²) < 4.78 is 14.0. The van der Waals surface area contributed by atoms with Gasteiger partial charge in [0.25, 0.3) is 0 Å². The monoisotopic (exact) mass is 361 g/mol. The van der Waals surface area contributed by atoms with Gasteiger partial charge in [0.2, 0.25) is 5.91 Å². The van der Waals surface area contributed by atoms with Crippen molar-refractivity contribution in [1.82, 2.24) is 15.2 Å². The predicted octanol–water partition coefficient (Wildman–Crippen LogP) is 3.33. The molecule has 1 spiro atoms. The quantitative estimate of drug-likeness (QED) is 0.892. The molecule has 2 aromatic rings. The first-order chi connectivity index (χ1) is 11.6. The van der Waals surface area contributed by atoms with Gasteiger partial charge in [0, 0.05) is 25.4 Å². The molecular formula is C19H21ClFN3O. The fraction of sp³-hybridized carbons (Fsp3) is 0.368. The number of benzene rings is 1. The van der Waals surface area contributed by atoms with E-state index in [0.29, 0.717) is 5.56 Å². The second kappa shape index (κ2) is 6.73. The molecule has 0 aliphatic carbocycles. The zero-order valence-corrected chi connectivity index (χ0v) is 14.9. The summed E-state index contributed by atoms with van der Waals surface area (Å²) in [4.78, 5) is 18.7. The molecule has 4 rings (SSSR count). The maximum atomic E-state index is 14.0. The normalized spacial score (nSPS) is 25.4. The van der Waals surface area contributed by atoms with Crippen molar-refractivity contribution >= 4 is 18.3 Å². The number of carbonyl (C=O) groups excluding carboxylic acids is 1. The van der Waals surface area contributed by atoms with E-state index in [4.69, 9.17) is 0 Å². The zero-order chi connectivity index (χ0) is 16.7. The molecule has 2 fully saturated rings. The largest absolute Gasteiger partial charge is 0.344 e. The molecule has 1 aromatic carbocycles. The van der Waals surface area contributed by atoms with E-state index in [2.05, 4.69) is 10.3 Å². The van der Waals surface area contributed by atoms with E-state index in [1.54, 1.807) is 23.2 Å². The van der Waals surface area contributed by atoms with Crippen LogP contribution in [0, 0.1) is 5.82 Å². The number of aromatic nitrogens is 1.